The lowest BCUT2D eigenvalue weighted by Crippen LogP contribution is -2.25. The average Bonchev–Trinajstić information content (AvgIpc) is 3.18. The summed E-state index contributed by atoms with van der Waals surface area (Å²) in [7, 11) is 0. The molecule has 0 bridgehead atoms. The third-order valence-corrected chi connectivity index (χ3v) is 5.60. The predicted octanol–water partition coefficient (Wildman–Crippen LogP) is 6.32. The zero-order chi connectivity index (χ0) is 18.4. The Morgan fingerprint density at radius 1 is 1.00 bits per heavy atom. The van der Waals surface area contributed by atoms with Crippen LogP contribution >= 0.6 is 11.3 Å². The van der Waals surface area contributed by atoms with Crippen LogP contribution in [0.1, 0.15) is 46.0 Å². The number of hydrogen-bond acceptors (Lipinski definition) is 4. The maximum Gasteiger partial charge on any atom is 0.336 e. The van der Waals surface area contributed by atoms with Crippen molar-refractivity contribution in [3.05, 3.63) is 52.2 Å². The second-order valence-electron chi connectivity index (χ2n) is 6.68. The summed E-state index contributed by atoms with van der Waals surface area (Å²) < 4.78 is 5.54. The van der Waals surface area contributed by atoms with Gasteiger partial charge in [-0.2, -0.15) is 0 Å². The summed E-state index contributed by atoms with van der Waals surface area (Å²) in [6.07, 6.45) is 6.00. The molecule has 0 amide bonds. The first-order chi connectivity index (χ1) is 12.7. The maximum absolute atomic E-state index is 12.1. The third kappa shape index (κ3) is 4.36. The molecule has 0 N–H and O–H groups in total. The fourth-order valence-corrected chi connectivity index (χ4v) is 4.01. The highest BCUT2D eigenvalue weighted by Crippen LogP contribution is 2.32. The van der Waals surface area contributed by atoms with Crippen LogP contribution in [-0.2, 0) is 0 Å². The molecule has 0 saturated heterocycles. The van der Waals surface area contributed by atoms with Crippen LogP contribution in [-0.4, -0.2) is 13.1 Å². The lowest BCUT2D eigenvalue weighted by molar-refractivity contribution is 0.561. The van der Waals surface area contributed by atoms with Crippen LogP contribution < -0.4 is 10.5 Å². The molecule has 0 radical (unpaired) electrons. The van der Waals surface area contributed by atoms with E-state index in [1.54, 1.807) is 17.4 Å². The van der Waals surface area contributed by atoms with Crippen LogP contribution in [0.15, 0.2) is 51.0 Å². The molecular weight excluding hydrogens is 342 g/mol. The molecule has 2 heterocycles. The van der Waals surface area contributed by atoms with E-state index in [9.17, 15) is 4.79 Å². The monoisotopic (exact) mass is 369 g/mol. The summed E-state index contributed by atoms with van der Waals surface area (Å²) >= 11 is 1.64. The Morgan fingerprint density at radius 2 is 1.81 bits per heavy atom. The van der Waals surface area contributed by atoms with Crippen molar-refractivity contribution in [1.29, 1.82) is 0 Å². The summed E-state index contributed by atoms with van der Waals surface area (Å²) in [5, 5.41) is 3.03. The van der Waals surface area contributed by atoms with Gasteiger partial charge in [-0.3, -0.25) is 0 Å². The van der Waals surface area contributed by atoms with Gasteiger partial charge in [0.1, 0.15) is 5.58 Å². The van der Waals surface area contributed by atoms with Crippen molar-refractivity contribution in [3.8, 4) is 10.4 Å². The van der Waals surface area contributed by atoms with Gasteiger partial charge in [0.2, 0.25) is 0 Å². The van der Waals surface area contributed by atoms with Crippen LogP contribution in [0, 0.1) is 0 Å². The van der Waals surface area contributed by atoms with E-state index >= 15 is 0 Å². The molecule has 0 fully saturated rings. The van der Waals surface area contributed by atoms with Crippen molar-refractivity contribution < 1.29 is 4.42 Å². The molecule has 4 heteroatoms. The minimum absolute atomic E-state index is 0.288. The van der Waals surface area contributed by atoms with Crippen LogP contribution in [0.3, 0.4) is 0 Å². The van der Waals surface area contributed by atoms with Crippen LogP contribution in [0.25, 0.3) is 21.4 Å². The molecule has 0 unspecified atom stereocenters. The van der Waals surface area contributed by atoms with Crippen molar-refractivity contribution in [2.45, 2.75) is 46.0 Å². The first-order valence-corrected chi connectivity index (χ1v) is 10.5. The number of hydrogen-bond donors (Lipinski definition) is 0. The highest BCUT2D eigenvalue weighted by atomic mass is 32.1. The number of nitrogens with zero attached hydrogens (tertiary/aromatic N) is 1. The van der Waals surface area contributed by atoms with Gasteiger partial charge in [0, 0.05) is 46.7 Å². The largest absolute Gasteiger partial charge is 0.423 e. The lowest BCUT2D eigenvalue weighted by atomic mass is 10.1. The van der Waals surface area contributed by atoms with Gasteiger partial charge in [0.15, 0.2) is 0 Å². The zero-order valence-corrected chi connectivity index (χ0v) is 16.5. The number of anilines is 1. The van der Waals surface area contributed by atoms with Crippen molar-refractivity contribution >= 4 is 28.0 Å². The van der Waals surface area contributed by atoms with Crippen LogP contribution in [0.5, 0.6) is 0 Å². The van der Waals surface area contributed by atoms with Gasteiger partial charge in [0.05, 0.1) is 0 Å². The van der Waals surface area contributed by atoms with Gasteiger partial charge in [-0.15, -0.1) is 11.3 Å². The second-order valence-corrected chi connectivity index (χ2v) is 7.63. The fraction of sp³-hybridized carbons (Fsp3) is 0.409. The molecule has 1 aromatic carbocycles. The Kier molecular flexibility index (Phi) is 6.51. The van der Waals surface area contributed by atoms with Gasteiger partial charge >= 0.3 is 5.63 Å². The highest BCUT2D eigenvalue weighted by Gasteiger charge is 2.12. The minimum atomic E-state index is -0.288. The first kappa shape index (κ1) is 18.7. The van der Waals surface area contributed by atoms with Gasteiger partial charge in [-0.25, -0.2) is 4.79 Å². The normalized spacial score (nSPS) is 11.2. The standard InChI is InChI=1S/C22H27NO2S/c1-3-5-7-13-23(12-6-4-2)17-10-11-18-19(21-9-8-14-26-21)16-22(24)25-20(18)15-17/h8-11,14-16H,3-7,12-13H2,1-2H3. The molecule has 0 aliphatic rings. The Hall–Kier alpha value is -2.07. The summed E-state index contributed by atoms with van der Waals surface area (Å²) in [5.41, 5.74) is 2.50. The van der Waals surface area contributed by atoms with E-state index in [0.717, 1.165) is 34.6 Å². The molecule has 3 rings (SSSR count). The molecule has 0 aliphatic carbocycles. The van der Waals surface area contributed by atoms with Crippen LogP contribution in [0.4, 0.5) is 5.69 Å². The maximum atomic E-state index is 12.1. The van der Waals surface area contributed by atoms with Crippen molar-refractivity contribution in [2.75, 3.05) is 18.0 Å². The SMILES string of the molecule is CCCCCN(CCCC)c1ccc2c(-c3cccs3)cc(=O)oc2c1. The van der Waals surface area contributed by atoms with E-state index in [4.69, 9.17) is 4.42 Å². The molecule has 0 aliphatic heterocycles. The van der Waals surface area contributed by atoms with E-state index in [1.165, 1.54) is 32.1 Å². The highest BCUT2D eigenvalue weighted by molar-refractivity contribution is 7.13. The molecule has 0 spiro atoms. The molecule has 0 saturated carbocycles. The smallest absolute Gasteiger partial charge is 0.336 e. The second kappa shape index (κ2) is 9.04. The molecule has 138 valence electrons. The van der Waals surface area contributed by atoms with E-state index in [0.29, 0.717) is 5.58 Å². The predicted molar refractivity (Wildman–Crippen MR) is 112 cm³/mol. The van der Waals surface area contributed by atoms with Gasteiger partial charge < -0.3 is 9.32 Å². The van der Waals surface area contributed by atoms with Crippen molar-refractivity contribution in [3.63, 3.8) is 0 Å². The molecule has 3 aromatic rings. The average molecular weight is 370 g/mol. The van der Waals surface area contributed by atoms with E-state index in [1.807, 2.05) is 23.6 Å². The first-order valence-electron chi connectivity index (χ1n) is 9.59. The number of thiophene rings is 1. The fourth-order valence-electron chi connectivity index (χ4n) is 3.26. The lowest BCUT2D eigenvalue weighted by Gasteiger charge is -2.25. The Labute approximate surface area is 159 Å². The Bertz CT molecular complexity index is 883. The number of rotatable bonds is 9. The van der Waals surface area contributed by atoms with E-state index < -0.39 is 0 Å². The summed E-state index contributed by atoms with van der Waals surface area (Å²) in [4.78, 5) is 15.6. The van der Waals surface area contributed by atoms with Crippen molar-refractivity contribution in [2.24, 2.45) is 0 Å². The molecular formula is C22H27NO2S. The number of fused-ring (bicyclic) bond motifs is 1. The van der Waals surface area contributed by atoms with Gasteiger partial charge in [-0.05, 0) is 36.4 Å². The van der Waals surface area contributed by atoms with E-state index in [2.05, 4.69) is 30.9 Å². The zero-order valence-electron chi connectivity index (χ0n) is 15.7. The molecule has 0 atom stereocenters. The van der Waals surface area contributed by atoms with Gasteiger partial charge in [-0.1, -0.05) is 39.2 Å². The summed E-state index contributed by atoms with van der Waals surface area (Å²) in [6, 6.07) is 12.0. The molecule has 3 nitrogen and oxygen atoms in total. The van der Waals surface area contributed by atoms with Crippen LogP contribution in [0.2, 0.25) is 0 Å². The minimum Gasteiger partial charge on any atom is -0.423 e. The molecule has 26 heavy (non-hydrogen) atoms. The van der Waals surface area contributed by atoms with E-state index in [-0.39, 0.29) is 5.63 Å². The summed E-state index contributed by atoms with van der Waals surface area (Å²) in [5.74, 6) is 0. The topological polar surface area (TPSA) is 33.5 Å². The summed E-state index contributed by atoms with van der Waals surface area (Å²) in [6.45, 7) is 6.54. The number of benzene rings is 1. The van der Waals surface area contributed by atoms with Gasteiger partial charge in [0.25, 0.3) is 0 Å². The Balaban J connectivity index is 1.97. The van der Waals surface area contributed by atoms with Crippen molar-refractivity contribution in [1.82, 2.24) is 0 Å². The molecule has 2 aromatic heterocycles. The quantitative estimate of drug-likeness (QED) is 0.327. The number of unbranched alkanes of at least 4 members (excludes halogenated alkanes) is 3. The third-order valence-electron chi connectivity index (χ3n) is 4.69. The Morgan fingerprint density at radius 3 is 2.54 bits per heavy atom.